The first-order valence-corrected chi connectivity index (χ1v) is 10.2. The van der Waals surface area contributed by atoms with Crippen molar-refractivity contribution in [2.45, 2.75) is 52.7 Å². The Balaban J connectivity index is 1.72. The number of ether oxygens (including phenoxy) is 2. The fourth-order valence-corrected chi connectivity index (χ4v) is 3.10. The summed E-state index contributed by atoms with van der Waals surface area (Å²) in [6, 6.07) is 14.5. The molecule has 0 spiro atoms. The van der Waals surface area contributed by atoms with Crippen molar-refractivity contribution in [1.29, 1.82) is 0 Å². The van der Waals surface area contributed by atoms with Crippen LogP contribution >= 0.6 is 0 Å². The summed E-state index contributed by atoms with van der Waals surface area (Å²) in [5.41, 5.74) is 4.98. The number of fused-ring (bicyclic) bond motifs is 3. The second-order valence-electron chi connectivity index (χ2n) is 8.39. The molecule has 0 saturated carbocycles. The highest BCUT2D eigenvalue weighted by Gasteiger charge is 2.26. The van der Waals surface area contributed by atoms with Crippen molar-refractivity contribution in [3.05, 3.63) is 65.7 Å². The van der Waals surface area contributed by atoms with E-state index in [0.717, 1.165) is 41.2 Å². The minimum Gasteiger partial charge on any atom is -0.490 e. The van der Waals surface area contributed by atoms with Crippen LogP contribution in [0.5, 0.6) is 5.75 Å². The zero-order valence-corrected chi connectivity index (χ0v) is 18.1. The number of nitrogens with zero attached hydrogens (tertiary/aromatic N) is 1. The van der Waals surface area contributed by atoms with Crippen LogP contribution in [0.4, 0.5) is 0 Å². The summed E-state index contributed by atoms with van der Waals surface area (Å²) in [4.78, 5) is 5.74. The van der Waals surface area contributed by atoms with Crippen molar-refractivity contribution < 1.29 is 14.3 Å². The van der Waals surface area contributed by atoms with Gasteiger partial charge in [-0.15, -0.1) is 0 Å². The first-order chi connectivity index (χ1) is 13.8. The summed E-state index contributed by atoms with van der Waals surface area (Å²) in [6.45, 7) is 11.3. The largest absolute Gasteiger partial charge is 0.490 e. The highest BCUT2D eigenvalue weighted by atomic mass is 16.6. The Kier molecular flexibility index (Phi) is 6.75. The van der Waals surface area contributed by atoms with Crippen LogP contribution in [-0.2, 0) is 9.57 Å². The molecule has 0 radical (unpaired) electrons. The van der Waals surface area contributed by atoms with Gasteiger partial charge in [0, 0.05) is 11.1 Å². The molecule has 0 saturated heterocycles. The van der Waals surface area contributed by atoms with Crippen molar-refractivity contribution in [3.63, 3.8) is 0 Å². The molecular weight excluding hydrogens is 362 g/mol. The molecule has 0 unspecified atom stereocenters. The van der Waals surface area contributed by atoms with Crippen LogP contribution in [0, 0.1) is 0 Å². The monoisotopic (exact) mass is 393 g/mol. The fourth-order valence-electron chi connectivity index (χ4n) is 3.10. The smallest absolute Gasteiger partial charge is 0.129 e. The molecule has 0 aliphatic heterocycles. The van der Waals surface area contributed by atoms with Crippen LogP contribution in [0.3, 0.4) is 0 Å². The van der Waals surface area contributed by atoms with Crippen LogP contribution in [-0.4, -0.2) is 30.6 Å². The van der Waals surface area contributed by atoms with Gasteiger partial charge < -0.3 is 14.3 Å². The van der Waals surface area contributed by atoms with Crippen molar-refractivity contribution in [2.24, 2.45) is 5.16 Å². The van der Waals surface area contributed by atoms with Crippen molar-refractivity contribution in [2.75, 3.05) is 13.2 Å². The molecule has 4 heteroatoms. The Bertz CT molecular complexity index is 891. The van der Waals surface area contributed by atoms with E-state index in [1.807, 2.05) is 58.9 Å². The molecule has 1 aliphatic rings. The van der Waals surface area contributed by atoms with Gasteiger partial charge in [0.2, 0.25) is 0 Å². The van der Waals surface area contributed by atoms with E-state index in [1.54, 1.807) is 0 Å². The molecule has 2 aromatic carbocycles. The second-order valence-corrected chi connectivity index (χ2v) is 8.39. The lowest BCUT2D eigenvalue weighted by Gasteiger charge is -2.16. The quantitative estimate of drug-likeness (QED) is 0.268. The van der Waals surface area contributed by atoms with Crippen LogP contribution in [0.25, 0.3) is 11.1 Å². The summed E-state index contributed by atoms with van der Waals surface area (Å²) >= 11 is 0. The number of hydrogen-bond donors (Lipinski definition) is 0. The molecule has 0 N–H and O–H groups in total. The molecule has 1 aliphatic carbocycles. The predicted molar refractivity (Wildman–Crippen MR) is 119 cm³/mol. The molecule has 4 nitrogen and oxygen atoms in total. The summed E-state index contributed by atoms with van der Waals surface area (Å²) in [5.74, 6) is 0.822. The summed E-state index contributed by atoms with van der Waals surface area (Å²) in [6.07, 6.45) is 5.29. The van der Waals surface area contributed by atoms with E-state index in [0.29, 0.717) is 6.61 Å². The third kappa shape index (κ3) is 5.70. The van der Waals surface area contributed by atoms with E-state index in [4.69, 9.17) is 14.3 Å². The van der Waals surface area contributed by atoms with E-state index in [1.165, 1.54) is 5.56 Å². The van der Waals surface area contributed by atoms with Gasteiger partial charge in [-0.25, -0.2) is 0 Å². The molecule has 0 bridgehead atoms. The Morgan fingerprint density at radius 3 is 2.38 bits per heavy atom. The van der Waals surface area contributed by atoms with E-state index < -0.39 is 0 Å². The third-order valence-electron chi connectivity index (χ3n) is 4.38. The van der Waals surface area contributed by atoms with E-state index in [2.05, 4.69) is 35.5 Å². The zero-order valence-electron chi connectivity index (χ0n) is 18.1. The molecule has 0 heterocycles. The van der Waals surface area contributed by atoms with Gasteiger partial charge in [-0.1, -0.05) is 41.6 Å². The minimum absolute atomic E-state index is 0.272. The molecule has 0 aromatic heterocycles. The molecule has 0 amide bonds. The maximum atomic E-state index is 5.93. The van der Waals surface area contributed by atoms with Crippen LogP contribution in [0.2, 0.25) is 0 Å². The average Bonchev–Trinajstić information content (AvgIpc) is 2.98. The Morgan fingerprint density at radius 2 is 1.66 bits per heavy atom. The Hall–Kier alpha value is -2.59. The first kappa shape index (κ1) is 21.1. The highest BCUT2D eigenvalue weighted by Crippen LogP contribution is 2.39. The summed E-state index contributed by atoms with van der Waals surface area (Å²) < 4.78 is 11.5. The van der Waals surface area contributed by atoms with Gasteiger partial charge in [0.15, 0.2) is 0 Å². The Morgan fingerprint density at radius 1 is 0.931 bits per heavy atom. The number of oxime groups is 1. The minimum atomic E-state index is -0.344. The van der Waals surface area contributed by atoms with Gasteiger partial charge in [-0.05, 0) is 70.4 Å². The zero-order chi connectivity index (χ0) is 20.9. The van der Waals surface area contributed by atoms with Crippen molar-refractivity contribution in [1.82, 2.24) is 0 Å². The predicted octanol–water partition coefficient (Wildman–Crippen LogP) is 5.98. The second kappa shape index (κ2) is 9.27. The van der Waals surface area contributed by atoms with Crippen molar-refractivity contribution >= 4 is 5.71 Å². The van der Waals surface area contributed by atoms with Gasteiger partial charge in [0.1, 0.15) is 23.7 Å². The van der Waals surface area contributed by atoms with Gasteiger partial charge >= 0.3 is 0 Å². The highest BCUT2D eigenvalue weighted by molar-refractivity contribution is 6.24. The van der Waals surface area contributed by atoms with Gasteiger partial charge in [-0.3, -0.25) is 0 Å². The molecule has 2 aromatic rings. The third-order valence-corrected chi connectivity index (χ3v) is 4.38. The standard InChI is InChI=1S/C25H31NO3/c1-18(2)27-15-9-6-10-16-28-19-13-14-21-20-11-7-8-12-22(20)24(23(21)17-19)26-29-25(3,4)5/h6-8,10-14,17-18H,9,15-16H2,1-5H3/b10-6-,26-24-. The van der Waals surface area contributed by atoms with E-state index in [-0.39, 0.29) is 11.7 Å². The van der Waals surface area contributed by atoms with E-state index in [9.17, 15) is 0 Å². The van der Waals surface area contributed by atoms with Gasteiger partial charge in [0.25, 0.3) is 0 Å². The summed E-state index contributed by atoms with van der Waals surface area (Å²) in [7, 11) is 0. The number of rotatable bonds is 8. The summed E-state index contributed by atoms with van der Waals surface area (Å²) in [5, 5.41) is 4.50. The van der Waals surface area contributed by atoms with Crippen LogP contribution < -0.4 is 4.74 Å². The SMILES string of the molecule is CC(C)OCC/C=C\COc1ccc2c(c1)/C(=N\OC(C)(C)C)c1ccccc1-2. The van der Waals surface area contributed by atoms with E-state index >= 15 is 0 Å². The normalized spacial score (nSPS) is 14.5. The maximum Gasteiger partial charge on any atom is 0.129 e. The van der Waals surface area contributed by atoms with Crippen LogP contribution in [0.1, 0.15) is 52.2 Å². The molecule has 154 valence electrons. The van der Waals surface area contributed by atoms with Gasteiger partial charge in [-0.2, -0.15) is 0 Å². The lowest BCUT2D eigenvalue weighted by Crippen LogP contribution is -2.17. The molecule has 29 heavy (non-hydrogen) atoms. The lowest BCUT2D eigenvalue weighted by molar-refractivity contribution is 0.00121. The molecular formula is C25H31NO3. The van der Waals surface area contributed by atoms with Gasteiger partial charge in [0.05, 0.1) is 12.7 Å². The van der Waals surface area contributed by atoms with Crippen molar-refractivity contribution in [3.8, 4) is 16.9 Å². The fraction of sp³-hybridized carbons (Fsp3) is 0.400. The molecule has 3 rings (SSSR count). The first-order valence-electron chi connectivity index (χ1n) is 10.2. The van der Waals surface area contributed by atoms with Crippen LogP contribution in [0.15, 0.2) is 59.8 Å². The number of hydrogen-bond acceptors (Lipinski definition) is 4. The number of benzene rings is 2. The maximum absolute atomic E-state index is 5.93. The Labute approximate surface area is 174 Å². The molecule has 0 atom stereocenters. The average molecular weight is 394 g/mol. The topological polar surface area (TPSA) is 40.0 Å². The lowest BCUT2D eigenvalue weighted by atomic mass is 10.1. The molecule has 0 fully saturated rings.